The Labute approximate surface area is 131 Å². The van der Waals surface area contributed by atoms with Crippen molar-refractivity contribution in [3.05, 3.63) is 65.9 Å². The number of hydrogen-bond acceptors (Lipinski definition) is 1. The lowest BCUT2D eigenvalue weighted by Gasteiger charge is -2.09. The van der Waals surface area contributed by atoms with Gasteiger partial charge < -0.3 is 9.67 Å². The number of fused-ring (bicyclic) bond motifs is 1. The highest BCUT2D eigenvalue weighted by Crippen LogP contribution is 2.30. The molecule has 0 amide bonds. The molecule has 2 aromatic carbocycles. The van der Waals surface area contributed by atoms with E-state index in [0.29, 0.717) is 24.9 Å². The van der Waals surface area contributed by atoms with Crippen molar-refractivity contribution in [2.45, 2.75) is 25.6 Å². The minimum atomic E-state index is -4.31. The molecule has 3 rings (SSSR count). The first-order valence-electron chi connectivity index (χ1n) is 7.38. The number of benzene rings is 2. The smallest absolute Gasteiger partial charge is 0.416 e. The first-order chi connectivity index (χ1) is 10.9. The van der Waals surface area contributed by atoms with E-state index in [2.05, 4.69) is 0 Å². The van der Waals surface area contributed by atoms with Crippen molar-refractivity contribution in [3.8, 4) is 5.88 Å². The molecule has 23 heavy (non-hydrogen) atoms. The van der Waals surface area contributed by atoms with Crippen LogP contribution in [0, 0.1) is 0 Å². The molecule has 1 aromatic heterocycles. The summed E-state index contributed by atoms with van der Waals surface area (Å²) in [7, 11) is 0. The zero-order valence-electron chi connectivity index (χ0n) is 12.3. The number of aromatic hydroxyl groups is 1. The van der Waals surface area contributed by atoms with Crippen LogP contribution >= 0.6 is 0 Å². The largest absolute Gasteiger partial charge is 0.494 e. The number of rotatable bonds is 4. The molecule has 0 aliphatic carbocycles. The fraction of sp³-hybridized carbons (Fsp3) is 0.222. The third-order valence-corrected chi connectivity index (χ3v) is 3.89. The molecular formula is C18H16F3NO. The van der Waals surface area contributed by atoms with Gasteiger partial charge in [0.05, 0.1) is 5.56 Å². The van der Waals surface area contributed by atoms with Crippen molar-refractivity contribution in [2.24, 2.45) is 0 Å². The van der Waals surface area contributed by atoms with E-state index in [1.807, 2.05) is 30.5 Å². The van der Waals surface area contributed by atoms with Gasteiger partial charge in [-0.25, -0.2) is 0 Å². The van der Waals surface area contributed by atoms with Crippen LogP contribution in [0.1, 0.15) is 17.5 Å². The van der Waals surface area contributed by atoms with E-state index in [-0.39, 0.29) is 5.88 Å². The molecule has 0 spiro atoms. The second-order valence-electron chi connectivity index (χ2n) is 5.54. The predicted octanol–water partition coefficient (Wildman–Crippen LogP) is 5.00. The standard InChI is InChI=1S/C18H16F3NO/c19-18(20,21)15-8-3-5-13(11-15)6-4-10-22-12-14-7-1-2-9-16(14)17(22)23/h1-3,5,7-9,11-12,23H,4,6,10H2. The summed E-state index contributed by atoms with van der Waals surface area (Å²) in [6, 6.07) is 12.9. The average molecular weight is 319 g/mol. The van der Waals surface area contributed by atoms with E-state index in [1.165, 1.54) is 12.1 Å². The van der Waals surface area contributed by atoms with Crippen molar-refractivity contribution >= 4 is 10.8 Å². The molecule has 0 atom stereocenters. The second kappa shape index (κ2) is 5.99. The Balaban J connectivity index is 1.68. The Bertz CT molecular complexity index is 820. The lowest BCUT2D eigenvalue weighted by Crippen LogP contribution is -2.05. The SMILES string of the molecule is Oc1c2ccccc2cn1CCCc1cccc(C(F)(F)F)c1. The summed E-state index contributed by atoms with van der Waals surface area (Å²) in [6.07, 6.45) is -1.28. The summed E-state index contributed by atoms with van der Waals surface area (Å²) in [5.74, 6) is 0.199. The van der Waals surface area contributed by atoms with Gasteiger partial charge in [-0.15, -0.1) is 0 Å². The van der Waals surface area contributed by atoms with Crippen LogP contribution in [-0.2, 0) is 19.1 Å². The summed E-state index contributed by atoms with van der Waals surface area (Å²) in [6.45, 7) is 0.552. The van der Waals surface area contributed by atoms with Crippen molar-refractivity contribution < 1.29 is 18.3 Å². The van der Waals surface area contributed by atoms with Gasteiger partial charge in [0, 0.05) is 23.5 Å². The number of halogens is 3. The number of hydrogen-bond donors (Lipinski definition) is 1. The average Bonchev–Trinajstić information content (AvgIpc) is 2.84. The van der Waals surface area contributed by atoms with Crippen molar-refractivity contribution in [1.29, 1.82) is 0 Å². The molecule has 0 saturated heterocycles. The van der Waals surface area contributed by atoms with E-state index in [4.69, 9.17) is 0 Å². The molecule has 2 nitrogen and oxygen atoms in total. The van der Waals surface area contributed by atoms with Crippen LogP contribution in [0.15, 0.2) is 54.7 Å². The zero-order valence-corrected chi connectivity index (χ0v) is 12.3. The lowest BCUT2D eigenvalue weighted by molar-refractivity contribution is -0.137. The molecule has 0 bridgehead atoms. The Morgan fingerprint density at radius 1 is 1.00 bits per heavy atom. The van der Waals surface area contributed by atoms with Gasteiger partial charge in [0.1, 0.15) is 0 Å². The number of nitrogens with zero attached hydrogens (tertiary/aromatic N) is 1. The van der Waals surface area contributed by atoms with E-state index < -0.39 is 11.7 Å². The quantitative estimate of drug-likeness (QED) is 0.719. The maximum absolute atomic E-state index is 12.7. The Kier molecular flexibility index (Phi) is 4.03. The maximum Gasteiger partial charge on any atom is 0.416 e. The summed E-state index contributed by atoms with van der Waals surface area (Å²) >= 11 is 0. The van der Waals surface area contributed by atoms with Crippen LogP contribution in [0.2, 0.25) is 0 Å². The van der Waals surface area contributed by atoms with E-state index >= 15 is 0 Å². The van der Waals surface area contributed by atoms with E-state index in [0.717, 1.165) is 16.8 Å². The van der Waals surface area contributed by atoms with E-state index in [9.17, 15) is 18.3 Å². The molecule has 0 fully saturated rings. The van der Waals surface area contributed by atoms with Gasteiger partial charge in [0.2, 0.25) is 0 Å². The third kappa shape index (κ3) is 3.33. The summed E-state index contributed by atoms with van der Waals surface area (Å²) in [5, 5.41) is 11.9. The van der Waals surface area contributed by atoms with Crippen LogP contribution in [0.4, 0.5) is 13.2 Å². The van der Waals surface area contributed by atoms with Gasteiger partial charge in [-0.1, -0.05) is 36.4 Å². The third-order valence-electron chi connectivity index (χ3n) is 3.89. The fourth-order valence-electron chi connectivity index (χ4n) is 2.72. The molecule has 0 aliphatic rings. The second-order valence-corrected chi connectivity index (χ2v) is 5.54. The van der Waals surface area contributed by atoms with Crippen LogP contribution in [0.25, 0.3) is 10.8 Å². The van der Waals surface area contributed by atoms with Gasteiger partial charge in [0.15, 0.2) is 5.88 Å². The minimum Gasteiger partial charge on any atom is -0.494 e. The first kappa shape index (κ1) is 15.5. The highest BCUT2D eigenvalue weighted by atomic mass is 19.4. The highest BCUT2D eigenvalue weighted by molar-refractivity contribution is 5.87. The first-order valence-corrected chi connectivity index (χ1v) is 7.38. The van der Waals surface area contributed by atoms with Crippen molar-refractivity contribution in [3.63, 3.8) is 0 Å². The van der Waals surface area contributed by atoms with E-state index in [1.54, 1.807) is 10.6 Å². The Hall–Kier alpha value is -2.43. The molecule has 1 N–H and O–H groups in total. The molecule has 1 heterocycles. The maximum atomic E-state index is 12.7. The molecule has 0 aliphatic heterocycles. The topological polar surface area (TPSA) is 25.2 Å². The molecule has 0 radical (unpaired) electrons. The zero-order chi connectivity index (χ0) is 16.4. The Morgan fingerprint density at radius 3 is 2.52 bits per heavy atom. The highest BCUT2D eigenvalue weighted by Gasteiger charge is 2.30. The van der Waals surface area contributed by atoms with Crippen molar-refractivity contribution in [2.75, 3.05) is 0 Å². The summed E-state index contributed by atoms with van der Waals surface area (Å²) in [5.41, 5.74) is 0.0283. The Morgan fingerprint density at radius 2 is 1.78 bits per heavy atom. The monoisotopic (exact) mass is 319 g/mol. The van der Waals surface area contributed by atoms with Crippen LogP contribution in [-0.4, -0.2) is 9.67 Å². The molecule has 3 aromatic rings. The summed E-state index contributed by atoms with van der Waals surface area (Å²) in [4.78, 5) is 0. The predicted molar refractivity (Wildman–Crippen MR) is 83.4 cm³/mol. The van der Waals surface area contributed by atoms with Crippen molar-refractivity contribution in [1.82, 2.24) is 4.57 Å². The lowest BCUT2D eigenvalue weighted by atomic mass is 10.1. The normalized spacial score (nSPS) is 12.0. The molecular weight excluding hydrogens is 303 g/mol. The number of aromatic nitrogens is 1. The molecule has 120 valence electrons. The van der Waals surface area contributed by atoms with Gasteiger partial charge in [-0.3, -0.25) is 0 Å². The number of alkyl halides is 3. The molecule has 5 heteroatoms. The minimum absolute atomic E-state index is 0.199. The fourth-order valence-corrected chi connectivity index (χ4v) is 2.72. The number of aryl methyl sites for hydroxylation is 2. The summed E-state index contributed by atoms with van der Waals surface area (Å²) < 4.78 is 39.8. The molecule has 0 saturated carbocycles. The van der Waals surface area contributed by atoms with Gasteiger partial charge >= 0.3 is 6.18 Å². The van der Waals surface area contributed by atoms with Gasteiger partial charge in [-0.2, -0.15) is 13.2 Å². The molecule has 0 unspecified atom stereocenters. The van der Waals surface area contributed by atoms with Crippen LogP contribution in [0.5, 0.6) is 5.88 Å². The van der Waals surface area contributed by atoms with Gasteiger partial charge in [0.25, 0.3) is 0 Å². The van der Waals surface area contributed by atoms with Crippen LogP contribution < -0.4 is 0 Å². The van der Waals surface area contributed by atoms with Crippen LogP contribution in [0.3, 0.4) is 0 Å². The van der Waals surface area contributed by atoms with Gasteiger partial charge in [-0.05, 0) is 30.5 Å².